The van der Waals surface area contributed by atoms with Gasteiger partial charge in [-0.1, -0.05) is 37.9 Å². The van der Waals surface area contributed by atoms with Crippen LogP contribution in [0.2, 0.25) is 0 Å². The first-order valence-electron chi connectivity index (χ1n) is 6.54. The molecule has 0 saturated heterocycles. The third-order valence-corrected chi connectivity index (χ3v) is 3.89. The van der Waals surface area contributed by atoms with E-state index in [0.717, 1.165) is 11.4 Å². The quantitative estimate of drug-likeness (QED) is 0.670. The number of hydrogen-bond acceptors (Lipinski definition) is 4. The lowest BCUT2D eigenvalue weighted by Crippen LogP contribution is -2.33. The zero-order valence-electron chi connectivity index (χ0n) is 10.8. The fraction of sp³-hybridized carbons (Fsp3) is 0.615. The van der Waals surface area contributed by atoms with Crippen LogP contribution in [0.1, 0.15) is 44.1 Å². The van der Waals surface area contributed by atoms with Crippen molar-refractivity contribution < 1.29 is 0 Å². The van der Waals surface area contributed by atoms with Crippen LogP contribution in [0, 0.1) is 0 Å². The van der Waals surface area contributed by atoms with Crippen LogP contribution in [0.15, 0.2) is 12.3 Å². The number of hydrogen-bond donors (Lipinski definition) is 1. The minimum Gasteiger partial charge on any atom is -0.389 e. The fourth-order valence-corrected chi connectivity index (χ4v) is 2.75. The second-order valence-electron chi connectivity index (χ2n) is 4.89. The Morgan fingerprint density at radius 3 is 2.61 bits per heavy atom. The number of nitrogens with zero attached hydrogens (tertiary/aromatic N) is 3. The van der Waals surface area contributed by atoms with Gasteiger partial charge in [0.2, 0.25) is 0 Å². The zero-order chi connectivity index (χ0) is 13.0. The Morgan fingerprint density at radius 2 is 2.00 bits per heavy atom. The summed E-state index contributed by atoms with van der Waals surface area (Å²) in [7, 11) is 2.07. The summed E-state index contributed by atoms with van der Waals surface area (Å²) >= 11 is 5.08. The van der Waals surface area contributed by atoms with E-state index in [-0.39, 0.29) is 0 Å². The third kappa shape index (κ3) is 2.96. The van der Waals surface area contributed by atoms with Crippen LogP contribution in [-0.4, -0.2) is 28.3 Å². The normalized spacial score (nSPS) is 17.2. The molecule has 98 valence electrons. The molecule has 0 spiro atoms. The second-order valence-corrected chi connectivity index (χ2v) is 5.33. The van der Waals surface area contributed by atoms with Gasteiger partial charge in [0, 0.05) is 13.1 Å². The SMILES string of the molecule is CN(c1nnccc1C(N)=S)C1CCCCCC1. The van der Waals surface area contributed by atoms with Crippen molar-refractivity contribution in [1.29, 1.82) is 0 Å². The predicted molar refractivity (Wildman–Crippen MR) is 77.8 cm³/mol. The monoisotopic (exact) mass is 264 g/mol. The van der Waals surface area contributed by atoms with Crippen LogP contribution >= 0.6 is 12.2 Å². The minimum absolute atomic E-state index is 0.389. The highest BCUT2D eigenvalue weighted by atomic mass is 32.1. The minimum atomic E-state index is 0.389. The lowest BCUT2D eigenvalue weighted by molar-refractivity contribution is 0.547. The number of aromatic nitrogens is 2. The molecule has 0 aliphatic heterocycles. The van der Waals surface area contributed by atoms with Gasteiger partial charge in [-0.2, -0.15) is 5.10 Å². The zero-order valence-corrected chi connectivity index (χ0v) is 11.6. The molecule has 0 unspecified atom stereocenters. The molecular weight excluding hydrogens is 244 g/mol. The van der Waals surface area contributed by atoms with Crippen molar-refractivity contribution in [2.75, 3.05) is 11.9 Å². The summed E-state index contributed by atoms with van der Waals surface area (Å²) in [6.45, 7) is 0. The Bertz CT molecular complexity index is 413. The molecule has 0 bridgehead atoms. The van der Waals surface area contributed by atoms with Crippen molar-refractivity contribution in [3.8, 4) is 0 Å². The van der Waals surface area contributed by atoms with Crippen LogP contribution in [0.25, 0.3) is 0 Å². The van der Waals surface area contributed by atoms with E-state index in [1.807, 2.05) is 6.07 Å². The molecule has 18 heavy (non-hydrogen) atoms. The van der Waals surface area contributed by atoms with E-state index in [1.165, 1.54) is 38.5 Å². The molecule has 1 heterocycles. The highest BCUT2D eigenvalue weighted by Crippen LogP contribution is 2.25. The molecular formula is C13H20N4S. The molecule has 4 nitrogen and oxygen atoms in total. The van der Waals surface area contributed by atoms with Gasteiger partial charge in [-0.15, -0.1) is 5.10 Å². The van der Waals surface area contributed by atoms with Crippen LogP contribution in [0.4, 0.5) is 5.82 Å². The summed E-state index contributed by atoms with van der Waals surface area (Å²) < 4.78 is 0. The van der Waals surface area contributed by atoms with Gasteiger partial charge >= 0.3 is 0 Å². The van der Waals surface area contributed by atoms with Crippen LogP contribution in [-0.2, 0) is 0 Å². The van der Waals surface area contributed by atoms with Crippen LogP contribution in [0.5, 0.6) is 0 Å². The smallest absolute Gasteiger partial charge is 0.161 e. The Morgan fingerprint density at radius 1 is 1.33 bits per heavy atom. The van der Waals surface area contributed by atoms with Gasteiger partial charge in [0.05, 0.1) is 11.8 Å². The van der Waals surface area contributed by atoms with Crippen molar-refractivity contribution in [3.05, 3.63) is 17.8 Å². The average molecular weight is 264 g/mol. The summed E-state index contributed by atoms with van der Waals surface area (Å²) in [4.78, 5) is 2.59. The number of thiocarbonyl (C=S) groups is 1. The lowest BCUT2D eigenvalue weighted by atomic mass is 10.1. The van der Waals surface area contributed by atoms with Gasteiger partial charge in [0.1, 0.15) is 4.99 Å². The van der Waals surface area contributed by atoms with Gasteiger partial charge in [0.15, 0.2) is 5.82 Å². The summed E-state index contributed by atoms with van der Waals surface area (Å²) in [6.07, 6.45) is 9.32. The predicted octanol–water partition coefficient (Wildman–Crippen LogP) is 2.27. The summed E-state index contributed by atoms with van der Waals surface area (Å²) in [6, 6.07) is 2.37. The molecule has 5 heteroatoms. The highest BCUT2D eigenvalue weighted by molar-refractivity contribution is 7.80. The molecule has 2 rings (SSSR count). The molecule has 0 atom stereocenters. The molecule has 1 fully saturated rings. The van der Waals surface area contributed by atoms with Crippen molar-refractivity contribution in [3.63, 3.8) is 0 Å². The van der Waals surface area contributed by atoms with Gasteiger partial charge < -0.3 is 10.6 Å². The maximum absolute atomic E-state index is 5.75. The summed E-state index contributed by atoms with van der Waals surface area (Å²) in [5.74, 6) is 0.817. The van der Waals surface area contributed by atoms with Crippen LogP contribution in [0.3, 0.4) is 0 Å². The van der Waals surface area contributed by atoms with E-state index in [2.05, 4.69) is 22.1 Å². The third-order valence-electron chi connectivity index (χ3n) is 3.67. The van der Waals surface area contributed by atoms with E-state index in [0.29, 0.717) is 11.0 Å². The molecule has 1 aromatic heterocycles. The fourth-order valence-electron chi connectivity index (χ4n) is 2.60. The molecule has 1 aliphatic rings. The molecule has 2 N–H and O–H groups in total. The number of rotatable bonds is 3. The van der Waals surface area contributed by atoms with Crippen molar-refractivity contribution >= 4 is 23.0 Å². The highest BCUT2D eigenvalue weighted by Gasteiger charge is 2.21. The largest absolute Gasteiger partial charge is 0.389 e. The average Bonchev–Trinajstić information content (AvgIpc) is 2.66. The second kappa shape index (κ2) is 6.09. The number of nitrogens with two attached hydrogens (primary N) is 1. The topological polar surface area (TPSA) is 55.0 Å². The van der Waals surface area contributed by atoms with Crippen molar-refractivity contribution in [2.24, 2.45) is 5.73 Å². The first kappa shape index (κ1) is 13.2. The molecule has 0 radical (unpaired) electrons. The van der Waals surface area contributed by atoms with E-state index >= 15 is 0 Å². The molecule has 1 saturated carbocycles. The van der Waals surface area contributed by atoms with E-state index in [1.54, 1.807) is 6.20 Å². The van der Waals surface area contributed by atoms with E-state index < -0.39 is 0 Å². The molecule has 0 amide bonds. The van der Waals surface area contributed by atoms with Crippen LogP contribution < -0.4 is 10.6 Å². The molecule has 0 aromatic carbocycles. The van der Waals surface area contributed by atoms with E-state index in [4.69, 9.17) is 18.0 Å². The summed E-state index contributed by atoms with van der Waals surface area (Å²) in [5.41, 5.74) is 6.58. The first-order chi connectivity index (χ1) is 8.70. The maximum atomic E-state index is 5.75. The maximum Gasteiger partial charge on any atom is 0.161 e. The Labute approximate surface area is 114 Å². The van der Waals surface area contributed by atoms with Gasteiger partial charge in [-0.3, -0.25) is 0 Å². The van der Waals surface area contributed by atoms with Crippen molar-refractivity contribution in [1.82, 2.24) is 10.2 Å². The summed E-state index contributed by atoms with van der Waals surface area (Å²) in [5, 5.41) is 8.17. The first-order valence-corrected chi connectivity index (χ1v) is 6.95. The molecule has 1 aliphatic carbocycles. The Kier molecular flexibility index (Phi) is 4.47. The van der Waals surface area contributed by atoms with Gasteiger partial charge in [0.25, 0.3) is 0 Å². The van der Waals surface area contributed by atoms with Gasteiger partial charge in [-0.25, -0.2) is 0 Å². The Hall–Kier alpha value is -1.23. The van der Waals surface area contributed by atoms with E-state index in [9.17, 15) is 0 Å². The molecule has 1 aromatic rings. The standard InChI is InChI=1S/C13H20N4S/c1-17(10-6-4-2-3-5-7-10)13-11(12(14)18)8-9-15-16-13/h8-10H,2-7H2,1H3,(H2,14,18). The number of anilines is 1. The lowest BCUT2D eigenvalue weighted by Gasteiger charge is -2.29. The van der Waals surface area contributed by atoms with Gasteiger partial charge in [-0.05, 0) is 18.9 Å². The Balaban J connectivity index is 2.21. The van der Waals surface area contributed by atoms with Crippen molar-refractivity contribution in [2.45, 2.75) is 44.6 Å².